The molecule has 2 N–H and O–H groups in total. The Balaban J connectivity index is 2.27. The Hall–Kier alpha value is -0.570. The molecule has 1 amide bonds. The maximum atomic E-state index is 11.0. The zero-order valence-electron chi connectivity index (χ0n) is 7.55. The highest BCUT2D eigenvalue weighted by Gasteiger charge is 2.19. The van der Waals surface area contributed by atoms with Gasteiger partial charge < -0.3 is 10.4 Å². The number of carbonyl (C=O) groups is 1. The molecular weight excluding hydrogens is 154 g/mol. The van der Waals surface area contributed by atoms with Gasteiger partial charge in [-0.15, -0.1) is 0 Å². The summed E-state index contributed by atoms with van der Waals surface area (Å²) in [6, 6.07) is 0.299. The SMILES string of the molecule is CC(CO)CC1CCCC(=O)N1. The summed E-state index contributed by atoms with van der Waals surface area (Å²) in [5, 5.41) is 11.8. The monoisotopic (exact) mass is 171 g/mol. The van der Waals surface area contributed by atoms with Crippen LogP contribution >= 0.6 is 0 Å². The van der Waals surface area contributed by atoms with Gasteiger partial charge in [-0.05, 0) is 25.2 Å². The quantitative estimate of drug-likeness (QED) is 0.656. The van der Waals surface area contributed by atoms with E-state index in [4.69, 9.17) is 5.11 Å². The molecule has 1 aliphatic rings. The number of rotatable bonds is 3. The van der Waals surface area contributed by atoms with Crippen molar-refractivity contribution in [2.24, 2.45) is 5.92 Å². The summed E-state index contributed by atoms with van der Waals surface area (Å²) in [6.45, 7) is 2.22. The first-order chi connectivity index (χ1) is 5.72. The van der Waals surface area contributed by atoms with Crippen molar-refractivity contribution in [3.8, 4) is 0 Å². The highest BCUT2D eigenvalue weighted by molar-refractivity contribution is 5.76. The lowest BCUT2D eigenvalue weighted by Crippen LogP contribution is -2.39. The van der Waals surface area contributed by atoms with Gasteiger partial charge in [0.15, 0.2) is 0 Å². The molecule has 1 heterocycles. The molecule has 0 saturated carbocycles. The third-order valence-electron chi connectivity index (χ3n) is 2.32. The molecule has 0 spiro atoms. The van der Waals surface area contributed by atoms with Crippen LogP contribution in [0.3, 0.4) is 0 Å². The summed E-state index contributed by atoms with van der Waals surface area (Å²) in [4.78, 5) is 11.0. The molecule has 12 heavy (non-hydrogen) atoms. The summed E-state index contributed by atoms with van der Waals surface area (Å²) in [5.41, 5.74) is 0. The molecule has 2 unspecified atom stereocenters. The molecule has 3 nitrogen and oxygen atoms in total. The van der Waals surface area contributed by atoms with E-state index in [2.05, 4.69) is 5.32 Å². The standard InChI is InChI=1S/C9H17NO2/c1-7(6-11)5-8-3-2-4-9(12)10-8/h7-8,11H,2-6H2,1H3,(H,10,12). The Morgan fingerprint density at radius 3 is 3.08 bits per heavy atom. The van der Waals surface area contributed by atoms with E-state index < -0.39 is 0 Å². The molecule has 0 radical (unpaired) electrons. The van der Waals surface area contributed by atoms with Crippen LogP contribution in [0.4, 0.5) is 0 Å². The van der Waals surface area contributed by atoms with Crippen molar-refractivity contribution in [1.82, 2.24) is 5.32 Å². The number of hydrogen-bond donors (Lipinski definition) is 2. The number of hydrogen-bond acceptors (Lipinski definition) is 2. The van der Waals surface area contributed by atoms with Crippen LogP contribution in [-0.4, -0.2) is 23.7 Å². The van der Waals surface area contributed by atoms with Gasteiger partial charge in [-0.2, -0.15) is 0 Å². The van der Waals surface area contributed by atoms with Crippen molar-refractivity contribution < 1.29 is 9.90 Å². The molecule has 1 aliphatic heterocycles. The zero-order chi connectivity index (χ0) is 8.97. The van der Waals surface area contributed by atoms with Crippen LogP contribution in [0.25, 0.3) is 0 Å². The van der Waals surface area contributed by atoms with Gasteiger partial charge in [0, 0.05) is 19.1 Å². The zero-order valence-corrected chi connectivity index (χ0v) is 7.55. The fourth-order valence-corrected chi connectivity index (χ4v) is 1.62. The van der Waals surface area contributed by atoms with Crippen molar-refractivity contribution in [3.05, 3.63) is 0 Å². The molecule has 1 rings (SSSR count). The molecule has 0 aromatic heterocycles. The van der Waals surface area contributed by atoms with Gasteiger partial charge in [0.2, 0.25) is 5.91 Å². The van der Waals surface area contributed by atoms with Crippen LogP contribution in [-0.2, 0) is 4.79 Å². The molecule has 0 bridgehead atoms. The average molecular weight is 171 g/mol. The topological polar surface area (TPSA) is 49.3 Å². The van der Waals surface area contributed by atoms with E-state index in [0.717, 1.165) is 19.3 Å². The van der Waals surface area contributed by atoms with E-state index in [-0.39, 0.29) is 12.5 Å². The summed E-state index contributed by atoms with van der Waals surface area (Å²) in [5.74, 6) is 0.463. The highest BCUT2D eigenvalue weighted by atomic mass is 16.3. The Labute approximate surface area is 73.2 Å². The molecule has 0 aliphatic carbocycles. The number of nitrogens with one attached hydrogen (secondary N) is 1. The second-order valence-corrected chi connectivity index (χ2v) is 3.68. The third kappa shape index (κ3) is 2.81. The van der Waals surface area contributed by atoms with Crippen molar-refractivity contribution in [3.63, 3.8) is 0 Å². The molecule has 70 valence electrons. The van der Waals surface area contributed by atoms with Gasteiger partial charge >= 0.3 is 0 Å². The first kappa shape index (κ1) is 9.52. The molecule has 0 aromatic carbocycles. The summed E-state index contributed by atoms with van der Waals surface area (Å²) in [7, 11) is 0. The fourth-order valence-electron chi connectivity index (χ4n) is 1.62. The number of amides is 1. The van der Waals surface area contributed by atoms with E-state index in [1.54, 1.807) is 0 Å². The predicted molar refractivity (Wildman–Crippen MR) is 46.6 cm³/mol. The van der Waals surface area contributed by atoms with Crippen LogP contribution in [0.5, 0.6) is 0 Å². The summed E-state index contributed by atoms with van der Waals surface area (Å²) >= 11 is 0. The Morgan fingerprint density at radius 2 is 2.50 bits per heavy atom. The minimum atomic E-state index is 0.163. The molecule has 1 fully saturated rings. The second kappa shape index (κ2) is 4.45. The first-order valence-corrected chi connectivity index (χ1v) is 4.62. The fraction of sp³-hybridized carbons (Fsp3) is 0.889. The van der Waals surface area contributed by atoms with Crippen LogP contribution in [0.1, 0.15) is 32.6 Å². The van der Waals surface area contributed by atoms with Gasteiger partial charge in [0.05, 0.1) is 0 Å². The Morgan fingerprint density at radius 1 is 1.75 bits per heavy atom. The lowest BCUT2D eigenvalue weighted by molar-refractivity contribution is -0.123. The van der Waals surface area contributed by atoms with Crippen LogP contribution in [0.2, 0.25) is 0 Å². The van der Waals surface area contributed by atoms with Gasteiger partial charge in [-0.3, -0.25) is 4.79 Å². The van der Waals surface area contributed by atoms with Gasteiger partial charge in [0.25, 0.3) is 0 Å². The van der Waals surface area contributed by atoms with Crippen molar-refractivity contribution >= 4 is 5.91 Å². The van der Waals surface area contributed by atoms with Crippen molar-refractivity contribution in [2.75, 3.05) is 6.61 Å². The van der Waals surface area contributed by atoms with Gasteiger partial charge in [-0.1, -0.05) is 6.92 Å². The van der Waals surface area contributed by atoms with Crippen LogP contribution in [0, 0.1) is 5.92 Å². The lowest BCUT2D eigenvalue weighted by Gasteiger charge is -2.25. The van der Waals surface area contributed by atoms with Crippen molar-refractivity contribution in [1.29, 1.82) is 0 Å². The van der Waals surface area contributed by atoms with Gasteiger partial charge in [-0.25, -0.2) is 0 Å². The number of aliphatic hydroxyl groups is 1. The lowest BCUT2D eigenvalue weighted by atomic mass is 9.95. The minimum Gasteiger partial charge on any atom is -0.396 e. The molecule has 1 saturated heterocycles. The van der Waals surface area contributed by atoms with Gasteiger partial charge in [0.1, 0.15) is 0 Å². The second-order valence-electron chi connectivity index (χ2n) is 3.68. The van der Waals surface area contributed by atoms with Crippen LogP contribution in [0.15, 0.2) is 0 Å². The smallest absolute Gasteiger partial charge is 0.220 e. The Bertz CT molecular complexity index is 159. The van der Waals surface area contributed by atoms with Crippen LogP contribution < -0.4 is 5.32 Å². The summed E-state index contributed by atoms with van der Waals surface area (Å²) < 4.78 is 0. The van der Waals surface area contributed by atoms with E-state index in [1.807, 2.05) is 6.92 Å². The molecule has 3 heteroatoms. The minimum absolute atomic E-state index is 0.163. The highest BCUT2D eigenvalue weighted by Crippen LogP contribution is 2.15. The number of piperidine rings is 1. The largest absolute Gasteiger partial charge is 0.396 e. The molecular formula is C9H17NO2. The maximum Gasteiger partial charge on any atom is 0.220 e. The Kier molecular flexibility index (Phi) is 3.53. The number of carbonyl (C=O) groups excluding carboxylic acids is 1. The normalized spacial score (nSPS) is 26.5. The number of aliphatic hydroxyl groups excluding tert-OH is 1. The first-order valence-electron chi connectivity index (χ1n) is 4.62. The predicted octanol–water partition coefficient (Wildman–Crippen LogP) is 0.674. The third-order valence-corrected chi connectivity index (χ3v) is 2.32. The van der Waals surface area contributed by atoms with E-state index >= 15 is 0 Å². The summed E-state index contributed by atoms with van der Waals surface area (Å²) in [6.07, 6.45) is 3.64. The van der Waals surface area contributed by atoms with E-state index in [1.165, 1.54) is 0 Å². The van der Waals surface area contributed by atoms with E-state index in [0.29, 0.717) is 18.4 Å². The van der Waals surface area contributed by atoms with Crippen molar-refractivity contribution in [2.45, 2.75) is 38.6 Å². The maximum absolute atomic E-state index is 11.0. The van der Waals surface area contributed by atoms with E-state index in [9.17, 15) is 4.79 Å². The molecule has 0 aromatic rings. The average Bonchev–Trinajstić information content (AvgIpc) is 2.04. The molecule has 2 atom stereocenters.